The Bertz CT molecular complexity index is 992. The Labute approximate surface area is 142 Å². The number of rotatable bonds is 4. The summed E-state index contributed by atoms with van der Waals surface area (Å²) in [6, 6.07) is 7.98. The van der Waals surface area contributed by atoms with E-state index in [1.165, 1.54) is 23.7 Å². The Hall–Kier alpha value is -2.49. The maximum absolute atomic E-state index is 12.3. The third kappa shape index (κ3) is 3.37. The van der Waals surface area contributed by atoms with E-state index in [9.17, 15) is 13.2 Å². The molecule has 124 valence electrons. The zero-order valence-electron chi connectivity index (χ0n) is 12.5. The number of anilines is 1. The van der Waals surface area contributed by atoms with E-state index < -0.39 is 15.9 Å². The van der Waals surface area contributed by atoms with Gasteiger partial charge in [-0.05, 0) is 36.8 Å². The van der Waals surface area contributed by atoms with Gasteiger partial charge in [0.15, 0.2) is 10.8 Å². The average molecular weight is 363 g/mol. The molecule has 0 bridgehead atoms. The number of hydrogen-bond donors (Lipinski definition) is 2. The number of amides is 1. The number of hydrogen-bond acceptors (Lipinski definition) is 6. The van der Waals surface area contributed by atoms with E-state index in [4.69, 9.17) is 9.56 Å². The SMILES string of the molecule is Cc1ccc(NC(=O)c2csc(-c3ccco3)n2)cc1S(N)(=O)=O. The van der Waals surface area contributed by atoms with Gasteiger partial charge in [0.1, 0.15) is 5.69 Å². The quantitative estimate of drug-likeness (QED) is 0.739. The number of furan rings is 1. The van der Waals surface area contributed by atoms with Crippen LogP contribution in [0.5, 0.6) is 0 Å². The number of thiazole rings is 1. The van der Waals surface area contributed by atoms with Gasteiger partial charge in [0.2, 0.25) is 10.0 Å². The molecule has 0 spiro atoms. The molecule has 0 saturated heterocycles. The molecule has 0 radical (unpaired) electrons. The molecule has 2 aromatic heterocycles. The fourth-order valence-corrected chi connectivity index (χ4v) is 3.65. The number of nitrogens with two attached hydrogens (primary N) is 1. The Morgan fingerprint density at radius 1 is 1.33 bits per heavy atom. The van der Waals surface area contributed by atoms with Crippen LogP contribution in [0.15, 0.2) is 51.3 Å². The fraction of sp³-hybridized carbons (Fsp3) is 0.0667. The first kappa shape index (κ1) is 16.4. The van der Waals surface area contributed by atoms with E-state index in [1.807, 2.05) is 0 Å². The molecule has 9 heteroatoms. The van der Waals surface area contributed by atoms with Gasteiger partial charge in [-0.2, -0.15) is 0 Å². The van der Waals surface area contributed by atoms with Gasteiger partial charge in [-0.3, -0.25) is 4.79 Å². The van der Waals surface area contributed by atoms with E-state index in [0.29, 0.717) is 22.0 Å². The van der Waals surface area contributed by atoms with E-state index in [-0.39, 0.29) is 10.6 Å². The molecule has 0 atom stereocenters. The van der Waals surface area contributed by atoms with Crippen molar-refractivity contribution in [2.24, 2.45) is 5.14 Å². The molecule has 0 aliphatic heterocycles. The molecule has 0 aliphatic carbocycles. The summed E-state index contributed by atoms with van der Waals surface area (Å²) in [6.45, 7) is 1.63. The van der Waals surface area contributed by atoms with Crippen molar-refractivity contribution in [2.75, 3.05) is 5.32 Å². The predicted octanol–water partition coefficient (Wildman–Crippen LogP) is 2.61. The highest BCUT2D eigenvalue weighted by molar-refractivity contribution is 7.89. The van der Waals surface area contributed by atoms with Crippen LogP contribution in [0, 0.1) is 6.92 Å². The number of nitrogens with zero attached hydrogens (tertiary/aromatic N) is 1. The van der Waals surface area contributed by atoms with Gasteiger partial charge in [-0.25, -0.2) is 18.5 Å². The maximum atomic E-state index is 12.3. The van der Waals surface area contributed by atoms with Crippen molar-refractivity contribution in [3.63, 3.8) is 0 Å². The Kier molecular flexibility index (Phi) is 4.22. The molecule has 0 fully saturated rings. The van der Waals surface area contributed by atoms with Crippen LogP contribution in [-0.2, 0) is 10.0 Å². The number of carbonyl (C=O) groups excluding carboxylic acids is 1. The number of nitrogens with one attached hydrogen (secondary N) is 1. The lowest BCUT2D eigenvalue weighted by Gasteiger charge is -2.08. The summed E-state index contributed by atoms with van der Waals surface area (Å²) in [6.07, 6.45) is 1.53. The van der Waals surface area contributed by atoms with Gasteiger partial charge in [-0.15, -0.1) is 11.3 Å². The molecule has 3 aromatic rings. The number of aryl methyl sites for hydroxylation is 1. The second-order valence-corrected chi connectivity index (χ2v) is 7.38. The largest absolute Gasteiger partial charge is 0.462 e. The number of benzene rings is 1. The van der Waals surface area contributed by atoms with Crippen molar-refractivity contribution in [1.29, 1.82) is 0 Å². The summed E-state index contributed by atoms with van der Waals surface area (Å²) in [4.78, 5) is 16.4. The zero-order chi connectivity index (χ0) is 17.3. The van der Waals surface area contributed by atoms with Crippen LogP contribution in [0.25, 0.3) is 10.8 Å². The summed E-state index contributed by atoms with van der Waals surface area (Å²) < 4.78 is 28.3. The highest BCUT2D eigenvalue weighted by Gasteiger charge is 2.16. The van der Waals surface area contributed by atoms with Crippen molar-refractivity contribution < 1.29 is 17.6 Å². The van der Waals surface area contributed by atoms with Crippen molar-refractivity contribution in [2.45, 2.75) is 11.8 Å². The highest BCUT2D eigenvalue weighted by atomic mass is 32.2. The number of aromatic nitrogens is 1. The molecular formula is C15H13N3O4S2. The standard InChI is InChI=1S/C15H13N3O4S2/c1-9-4-5-10(7-13(9)24(16,20)21)17-14(19)11-8-23-15(18-11)12-3-2-6-22-12/h2-8H,1H3,(H,17,19)(H2,16,20,21). The highest BCUT2D eigenvalue weighted by Crippen LogP contribution is 2.25. The van der Waals surface area contributed by atoms with Crippen LogP contribution in [0.2, 0.25) is 0 Å². The monoisotopic (exact) mass is 363 g/mol. The average Bonchev–Trinajstić information content (AvgIpc) is 3.18. The molecule has 24 heavy (non-hydrogen) atoms. The first-order valence-corrected chi connectivity index (χ1v) is 9.21. The lowest BCUT2D eigenvalue weighted by molar-refractivity contribution is 0.102. The van der Waals surface area contributed by atoms with Gasteiger partial charge < -0.3 is 9.73 Å². The smallest absolute Gasteiger partial charge is 0.275 e. The van der Waals surface area contributed by atoms with Crippen LogP contribution in [0.1, 0.15) is 16.1 Å². The van der Waals surface area contributed by atoms with E-state index >= 15 is 0 Å². The zero-order valence-corrected chi connectivity index (χ0v) is 14.1. The molecule has 1 amide bonds. The second-order valence-electron chi connectivity index (χ2n) is 4.99. The van der Waals surface area contributed by atoms with Crippen molar-refractivity contribution in [3.8, 4) is 10.8 Å². The molecule has 3 N–H and O–H groups in total. The van der Waals surface area contributed by atoms with E-state index in [0.717, 1.165) is 0 Å². The molecule has 0 aliphatic rings. The lowest BCUT2D eigenvalue weighted by Crippen LogP contribution is -2.16. The number of sulfonamides is 1. The Morgan fingerprint density at radius 2 is 2.12 bits per heavy atom. The Balaban J connectivity index is 1.83. The molecule has 7 nitrogen and oxygen atoms in total. The molecule has 3 rings (SSSR count). The second kappa shape index (κ2) is 6.19. The normalized spacial score (nSPS) is 11.4. The van der Waals surface area contributed by atoms with Crippen LogP contribution >= 0.6 is 11.3 Å². The summed E-state index contributed by atoms with van der Waals surface area (Å²) in [5.41, 5.74) is 1.04. The number of carbonyl (C=O) groups is 1. The molecule has 1 aromatic carbocycles. The third-order valence-electron chi connectivity index (χ3n) is 3.22. The summed E-state index contributed by atoms with van der Waals surface area (Å²) in [5.74, 6) is 0.124. The summed E-state index contributed by atoms with van der Waals surface area (Å²) in [5, 5.41) is 9.96. The number of primary sulfonamides is 1. The van der Waals surface area contributed by atoms with Crippen LogP contribution in [0.3, 0.4) is 0 Å². The van der Waals surface area contributed by atoms with Crippen LogP contribution < -0.4 is 10.5 Å². The van der Waals surface area contributed by atoms with Crippen LogP contribution in [0.4, 0.5) is 5.69 Å². The van der Waals surface area contributed by atoms with Crippen LogP contribution in [-0.4, -0.2) is 19.3 Å². The Morgan fingerprint density at radius 3 is 2.79 bits per heavy atom. The van der Waals surface area contributed by atoms with E-state index in [1.54, 1.807) is 36.6 Å². The van der Waals surface area contributed by atoms with Crippen molar-refractivity contribution in [1.82, 2.24) is 4.98 Å². The molecule has 0 unspecified atom stereocenters. The molecule has 2 heterocycles. The topological polar surface area (TPSA) is 115 Å². The van der Waals surface area contributed by atoms with Gasteiger partial charge in [0, 0.05) is 11.1 Å². The van der Waals surface area contributed by atoms with E-state index in [2.05, 4.69) is 10.3 Å². The molecule has 0 saturated carbocycles. The summed E-state index contributed by atoms with van der Waals surface area (Å²) >= 11 is 1.27. The summed E-state index contributed by atoms with van der Waals surface area (Å²) in [7, 11) is -3.86. The van der Waals surface area contributed by atoms with Gasteiger partial charge in [0.05, 0.1) is 11.2 Å². The minimum Gasteiger partial charge on any atom is -0.462 e. The molecular weight excluding hydrogens is 350 g/mol. The third-order valence-corrected chi connectivity index (χ3v) is 5.13. The minimum atomic E-state index is -3.86. The van der Waals surface area contributed by atoms with Gasteiger partial charge >= 0.3 is 0 Å². The van der Waals surface area contributed by atoms with Crippen molar-refractivity contribution in [3.05, 3.63) is 53.2 Å². The fourth-order valence-electron chi connectivity index (χ4n) is 2.07. The lowest BCUT2D eigenvalue weighted by atomic mass is 10.2. The maximum Gasteiger partial charge on any atom is 0.275 e. The van der Waals surface area contributed by atoms with Gasteiger partial charge in [-0.1, -0.05) is 6.07 Å². The minimum absolute atomic E-state index is 0.0325. The first-order chi connectivity index (χ1) is 11.3. The first-order valence-electron chi connectivity index (χ1n) is 6.79. The van der Waals surface area contributed by atoms with Gasteiger partial charge in [0.25, 0.3) is 5.91 Å². The predicted molar refractivity (Wildman–Crippen MR) is 90.3 cm³/mol. The van der Waals surface area contributed by atoms with Crippen molar-refractivity contribution >= 4 is 33.0 Å².